The highest BCUT2D eigenvalue weighted by Crippen LogP contribution is 2.25. The molecule has 0 aliphatic carbocycles. The zero-order chi connectivity index (χ0) is 23.9. The molecule has 2 amide bonds. The number of halogens is 2. The van der Waals surface area contributed by atoms with Crippen LogP contribution in [0.5, 0.6) is 0 Å². The second kappa shape index (κ2) is 11.3. The monoisotopic (exact) mass is 543 g/mol. The highest BCUT2D eigenvalue weighted by Gasteiger charge is 2.24. The Morgan fingerprint density at radius 1 is 1.21 bits per heavy atom. The van der Waals surface area contributed by atoms with E-state index in [4.69, 9.17) is 11.6 Å². The molecule has 176 valence electrons. The van der Waals surface area contributed by atoms with Crippen molar-refractivity contribution in [2.75, 3.05) is 29.1 Å². The summed E-state index contributed by atoms with van der Waals surface area (Å²) in [6.07, 6.45) is 7.91. The number of nitrogens with one attached hydrogen (secondary N) is 3. The molecule has 9 nitrogen and oxygen atoms in total. The number of hydrogen-bond donors (Lipinski definition) is 3. The first kappa shape index (κ1) is 23.9. The van der Waals surface area contributed by atoms with E-state index in [2.05, 4.69) is 46.7 Å². The molecule has 1 fully saturated rings. The fourth-order valence-electron chi connectivity index (χ4n) is 3.64. The van der Waals surface area contributed by atoms with E-state index in [-0.39, 0.29) is 17.9 Å². The van der Waals surface area contributed by atoms with Gasteiger partial charge in [0.1, 0.15) is 5.69 Å². The summed E-state index contributed by atoms with van der Waals surface area (Å²) in [5, 5.41) is 14.0. The number of alkyl halides is 1. The lowest BCUT2D eigenvalue weighted by Crippen LogP contribution is -2.42. The summed E-state index contributed by atoms with van der Waals surface area (Å²) in [6.45, 7) is 1.24. The predicted molar refractivity (Wildman–Crippen MR) is 135 cm³/mol. The Hall–Kier alpha value is -3.24. The van der Waals surface area contributed by atoms with Gasteiger partial charge in [-0.3, -0.25) is 14.7 Å². The van der Waals surface area contributed by atoms with Crippen molar-refractivity contribution < 1.29 is 9.59 Å². The number of amides is 2. The summed E-state index contributed by atoms with van der Waals surface area (Å²) in [5.41, 5.74) is 2.53. The second-order valence-electron chi connectivity index (χ2n) is 7.69. The molecule has 1 saturated heterocycles. The van der Waals surface area contributed by atoms with Crippen molar-refractivity contribution >= 4 is 51.0 Å². The van der Waals surface area contributed by atoms with Gasteiger partial charge in [0, 0.05) is 48.0 Å². The first-order chi connectivity index (χ1) is 16.5. The molecule has 3 aromatic rings. The van der Waals surface area contributed by atoms with Crippen LogP contribution in [0.4, 0.5) is 11.6 Å². The van der Waals surface area contributed by atoms with E-state index in [1.54, 1.807) is 48.8 Å². The molecule has 1 aliphatic heterocycles. The number of anilines is 2. The Labute approximate surface area is 210 Å². The lowest BCUT2D eigenvalue weighted by molar-refractivity contribution is -0.111. The Morgan fingerprint density at radius 2 is 1.97 bits per heavy atom. The van der Waals surface area contributed by atoms with Crippen molar-refractivity contribution in [2.45, 2.75) is 18.9 Å². The van der Waals surface area contributed by atoms with Gasteiger partial charge in [-0.05, 0) is 43.2 Å². The minimum Gasteiger partial charge on any atom is -0.351 e. The third-order valence-corrected chi connectivity index (χ3v) is 6.02. The number of carbonyl (C=O) groups is 2. The summed E-state index contributed by atoms with van der Waals surface area (Å²) >= 11 is 9.46. The maximum absolute atomic E-state index is 12.9. The van der Waals surface area contributed by atoms with Crippen LogP contribution in [0, 0.1) is 0 Å². The van der Waals surface area contributed by atoms with Crippen LogP contribution in [0.1, 0.15) is 23.2 Å². The zero-order valence-electron chi connectivity index (χ0n) is 18.2. The first-order valence-corrected chi connectivity index (χ1v) is 12.2. The van der Waals surface area contributed by atoms with Crippen LogP contribution in [-0.4, -0.2) is 61.3 Å². The lowest BCUT2D eigenvalue weighted by Gasteiger charge is -2.32. The molecule has 1 aromatic carbocycles. The molecule has 3 heterocycles. The second-order valence-corrected chi connectivity index (χ2v) is 8.75. The molecule has 11 heteroatoms. The largest absolute Gasteiger partial charge is 0.351 e. The number of likely N-dealkylation sites (tertiary alicyclic amines) is 1. The van der Waals surface area contributed by atoms with Gasteiger partial charge in [0.25, 0.3) is 5.91 Å². The van der Waals surface area contributed by atoms with Crippen LogP contribution < -0.4 is 10.6 Å². The van der Waals surface area contributed by atoms with Crippen LogP contribution in [-0.2, 0) is 4.79 Å². The van der Waals surface area contributed by atoms with E-state index >= 15 is 0 Å². The predicted octanol–water partition coefficient (Wildman–Crippen LogP) is 4.13. The topological polar surface area (TPSA) is 116 Å². The number of hydrogen-bond acceptors (Lipinski definition) is 6. The van der Waals surface area contributed by atoms with Crippen molar-refractivity contribution in [3.05, 3.63) is 65.5 Å². The van der Waals surface area contributed by atoms with E-state index in [1.807, 2.05) is 4.90 Å². The van der Waals surface area contributed by atoms with Gasteiger partial charge in [0.05, 0.1) is 16.9 Å². The number of benzene rings is 1. The molecule has 0 saturated carbocycles. The van der Waals surface area contributed by atoms with Gasteiger partial charge in [0.2, 0.25) is 11.9 Å². The molecular formula is C23H23BrClN7O2. The SMILES string of the molecule is O=C(C=CCBr)Nc1ccc(C(=O)N2CCC(Nc3ncc(Cl)c(-c4ccn[nH]4)n3)CC2)cc1. The molecule has 0 radical (unpaired) electrons. The fourth-order valence-corrected chi connectivity index (χ4v) is 4.02. The van der Waals surface area contributed by atoms with Crippen molar-refractivity contribution in [1.82, 2.24) is 25.1 Å². The van der Waals surface area contributed by atoms with E-state index in [9.17, 15) is 9.59 Å². The van der Waals surface area contributed by atoms with E-state index in [0.717, 1.165) is 18.5 Å². The van der Waals surface area contributed by atoms with E-state index in [0.29, 0.717) is 46.3 Å². The van der Waals surface area contributed by atoms with Crippen molar-refractivity contribution in [2.24, 2.45) is 0 Å². The van der Waals surface area contributed by atoms with Gasteiger partial charge in [-0.25, -0.2) is 9.97 Å². The molecule has 34 heavy (non-hydrogen) atoms. The highest BCUT2D eigenvalue weighted by atomic mass is 79.9. The summed E-state index contributed by atoms with van der Waals surface area (Å²) in [6, 6.07) is 8.87. The highest BCUT2D eigenvalue weighted by molar-refractivity contribution is 9.09. The number of aromatic amines is 1. The summed E-state index contributed by atoms with van der Waals surface area (Å²) < 4.78 is 0. The van der Waals surface area contributed by atoms with Crippen LogP contribution >= 0.6 is 27.5 Å². The van der Waals surface area contributed by atoms with Crippen molar-refractivity contribution in [3.63, 3.8) is 0 Å². The summed E-state index contributed by atoms with van der Waals surface area (Å²) in [5.74, 6) is 0.247. The van der Waals surface area contributed by atoms with E-state index < -0.39 is 0 Å². The number of piperidine rings is 1. The van der Waals surface area contributed by atoms with Crippen LogP contribution in [0.15, 0.2) is 54.9 Å². The number of rotatable bonds is 7. The van der Waals surface area contributed by atoms with Crippen LogP contribution in [0.2, 0.25) is 5.02 Å². The van der Waals surface area contributed by atoms with Gasteiger partial charge < -0.3 is 15.5 Å². The third-order valence-electron chi connectivity index (χ3n) is 5.37. The number of nitrogens with zero attached hydrogens (tertiary/aromatic N) is 4. The minimum atomic E-state index is -0.213. The Bertz CT molecular complexity index is 1160. The standard InChI is InChI=1S/C23H23BrClN7O2/c24-10-1-2-20(33)28-16-5-3-15(4-6-16)22(34)32-12-8-17(9-13-32)29-23-26-14-18(25)21(30-23)19-7-11-27-31-19/h1-7,11,14,17H,8-10,12-13H2,(H,27,31)(H,28,33)(H,26,29,30). The van der Waals surface area contributed by atoms with Gasteiger partial charge >= 0.3 is 0 Å². The third kappa shape index (κ3) is 6.00. The molecule has 4 rings (SSSR count). The average molecular weight is 545 g/mol. The van der Waals surface area contributed by atoms with E-state index in [1.165, 1.54) is 6.08 Å². The molecule has 3 N–H and O–H groups in total. The maximum atomic E-state index is 12.9. The molecule has 0 bridgehead atoms. The Morgan fingerprint density at radius 3 is 2.65 bits per heavy atom. The van der Waals surface area contributed by atoms with Crippen molar-refractivity contribution in [3.8, 4) is 11.4 Å². The van der Waals surface area contributed by atoms with Crippen molar-refractivity contribution in [1.29, 1.82) is 0 Å². The fraction of sp³-hybridized carbons (Fsp3) is 0.261. The number of aromatic nitrogens is 4. The Kier molecular flexibility index (Phi) is 7.91. The number of H-pyrrole nitrogens is 1. The minimum absolute atomic E-state index is 0.0280. The first-order valence-electron chi connectivity index (χ1n) is 10.7. The number of carbonyl (C=O) groups excluding carboxylic acids is 2. The van der Waals surface area contributed by atoms with Gasteiger partial charge in [-0.2, -0.15) is 5.10 Å². The summed E-state index contributed by atoms with van der Waals surface area (Å²) in [7, 11) is 0. The molecule has 2 aromatic heterocycles. The normalized spacial score (nSPS) is 14.4. The van der Waals surface area contributed by atoms with Gasteiger partial charge in [-0.1, -0.05) is 33.6 Å². The molecule has 0 unspecified atom stereocenters. The number of allylic oxidation sites excluding steroid dienone is 1. The smallest absolute Gasteiger partial charge is 0.253 e. The van der Waals surface area contributed by atoms with Crippen LogP contribution in [0.25, 0.3) is 11.4 Å². The lowest BCUT2D eigenvalue weighted by atomic mass is 10.0. The zero-order valence-corrected chi connectivity index (χ0v) is 20.5. The quantitative estimate of drug-likeness (QED) is 0.304. The average Bonchev–Trinajstić information content (AvgIpc) is 3.39. The molecule has 1 aliphatic rings. The molecule has 0 atom stereocenters. The van der Waals surface area contributed by atoms with Gasteiger partial charge in [0.15, 0.2) is 0 Å². The Balaban J connectivity index is 1.31. The summed E-state index contributed by atoms with van der Waals surface area (Å²) in [4.78, 5) is 35.3. The maximum Gasteiger partial charge on any atom is 0.253 e. The molecule has 0 spiro atoms. The molecular weight excluding hydrogens is 522 g/mol. The van der Waals surface area contributed by atoms with Crippen LogP contribution in [0.3, 0.4) is 0 Å². The van der Waals surface area contributed by atoms with Gasteiger partial charge in [-0.15, -0.1) is 0 Å².